The van der Waals surface area contributed by atoms with Crippen LogP contribution in [0.5, 0.6) is 0 Å². The van der Waals surface area contributed by atoms with Crippen molar-refractivity contribution < 1.29 is 9.53 Å². The molecule has 0 fully saturated rings. The predicted octanol–water partition coefficient (Wildman–Crippen LogP) is 3.96. The van der Waals surface area contributed by atoms with Crippen molar-refractivity contribution in [2.75, 3.05) is 6.61 Å². The van der Waals surface area contributed by atoms with Gasteiger partial charge < -0.3 is 4.74 Å². The summed E-state index contributed by atoms with van der Waals surface area (Å²) < 4.78 is 4.81. The van der Waals surface area contributed by atoms with E-state index < -0.39 is 0 Å². The van der Waals surface area contributed by atoms with E-state index >= 15 is 0 Å². The molecule has 0 radical (unpaired) electrons. The van der Waals surface area contributed by atoms with Crippen LogP contribution in [0.2, 0.25) is 0 Å². The third kappa shape index (κ3) is 9.75. The lowest BCUT2D eigenvalue weighted by atomic mass is 9.97. The van der Waals surface area contributed by atoms with Gasteiger partial charge in [0.15, 0.2) is 0 Å². The van der Waals surface area contributed by atoms with E-state index in [9.17, 15) is 4.79 Å². The summed E-state index contributed by atoms with van der Waals surface area (Å²) in [6.45, 7) is 9.01. The van der Waals surface area contributed by atoms with Crippen LogP contribution in [0, 0.1) is 11.8 Å². The maximum absolute atomic E-state index is 11.0. The summed E-state index contributed by atoms with van der Waals surface area (Å²) >= 11 is 0. The van der Waals surface area contributed by atoms with Gasteiger partial charge >= 0.3 is 5.97 Å². The van der Waals surface area contributed by atoms with Crippen molar-refractivity contribution in [1.82, 2.24) is 0 Å². The summed E-state index contributed by atoms with van der Waals surface area (Å²) in [5.74, 6) is 1.23. The lowest BCUT2D eigenvalue weighted by molar-refractivity contribution is -0.137. The summed E-state index contributed by atoms with van der Waals surface area (Å²) in [5, 5.41) is 0. The van der Waals surface area contributed by atoms with Crippen LogP contribution < -0.4 is 0 Å². The Kier molecular flexibility index (Phi) is 8.97. The molecule has 0 aromatic rings. The Balaban J connectivity index is 3.56. The summed E-state index contributed by atoms with van der Waals surface area (Å²) in [4.78, 5) is 11.0. The first kappa shape index (κ1) is 15.2. The first-order chi connectivity index (χ1) is 7.56. The molecule has 0 spiro atoms. The molecule has 0 amide bonds. The highest BCUT2D eigenvalue weighted by atomic mass is 16.5. The van der Waals surface area contributed by atoms with E-state index in [2.05, 4.69) is 20.8 Å². The van der Waals surface area contributed by atoms with E-state index in [0.29, 0.717) is 12.5 Å². The fourth-order valence-corrected chi connectivity index (χ4v) is 1.58. The Morgan fingerprint density at radius 1 is 1.25 bits per heavy atom. The minimum absolute atomic E-state index is 0.225. The molecular formula is C14H26O2. The van der Waals surface area contributed by atoms with Crippen molar-refractivity contribution in [3.05, 3.63) is 12.2 Å². The largest absolute Gasteiger partial charge is 0.463 e. The van der Waals surface area contributed by atoms with Gasteiger partial charge in [-0.3, -0.25) is 0 Å². The van der Waals surface area contributed by atoms with Crippen molar-refractivity contribution in [2.24, 2.45) is 11.8 Å². The van der Waals surface area contributed by atoms with Crippen molar-refractivity contribution >= 4 is 5.97 Å². The third-order valence-corrected chi connectivity index (χ3v) is 2.56. The zero-order valence-corrected chi connectivity index (χ0v) is 11.2. The van der Waals surface area contributed by atoms with Gasteiger partial charge in [0, 0.05) is 6.08 Å². The first-order valence-electron chi connectivity index (χ1n) is 6.39. The van der Waals surface area contributed by atoms with E-state index in [1.54, 1.807) is 6.08 Å². The number of ether oxygens (including phenoxy) is 1. The second-order valence-electron chi connectivity index (χ2n) is 4.82. The van der Waals surface area contributed by atoms with Crippen molar-refractivity contribution in [1.29, 1.82) is 0 Å². The zero-order chi connectivity index (χ0) is 12.4. The van der Waals surface area contributed by atoms with Gasteiger partial charge in [-0.15, -0.1) is 0 Å². The fraction of sp³-hybridized carbons (Fsp3) is 0.786. The molecule has 0 aromatic carbocycles. The number of hydrogen-bond donors (Lipinski definition) is 0. The van der Waals surface area contributed by atoms with E-state index in [1.807, 2.05) is 13.0 Å². The molecule has 0 aliphatic rings. The van der Waals surface area contributed by atoms with Crippen molar-refractivity contribution in [3.63, 3.8) is 0 Å². The molecule has 0 saturated carbocycles. The standard InChI is InChI=1S/C14H26O2/c1-5-16-14(15)11-7-10-13(4)9-6-8-12(2)3/h7,11-13H,5-6,8-10H2,1-4H3/b11-7+. The van der Waals surface area contributed by atoms with E-state index in [0.717, 1.165) is 12.3 Å². The number of carbonyl (C=O) groups is 1. The Bertz CT molecular complexity index is 207. The van der Waals surface area contributed by atoms with Crippen LogP contribution in [0.3, 0.4) is 0 Å². The van der Waals surface area contributed by atoms with Gasteiger partial charge in [0.2, 0.25) is 0 Å². The molecular weight excluding hydrogens is 200 g/mol. The quantitative estimate of drug-likeness (QED) is 0.462. The maximum atomic E-state index is 11.0. The SMILES string of the molecule is CCOC(=O)/C=C/CC(C)CCCC(C)C. The maximum Gasteiger partial charge on any atom is 0.330 e. The molecule has 0 bridgehead atoms. The molecule has 0 aliphatic carbocycles. The van der Waals surface area contributed by atoms with Crippen LogP contribution in [0.15, 0.2) is 12.2 Å². The van der Waals surface area contributed by atoms with Gasteiger partial charge in [-0.05, 0) is 25.2 Å². The summed E-state index contributed by atoms with van der Waals surface area (Å²) in [5.41, 5.74) is 0. The Labute approximate surface area is 100 Å². The molecule has 16 heavy (non-hydrogen) atoms. The van der Waals surface area contributed by atoms with Crippen LogP contribution in [0.25, 0.3) is 0 Å². The minimum Gasteiger partial charge on any atom is -0.463 e. The molecule has 1 unspecified atom stereocenters. The second kappa shape index (κ2) is 9.44. The predicted molar refractivity (Wildman–Crippen MR) is 68.2 cm³/mol. The molecule has 94 valence electrons. The smallest absolute Gasteiger partial charge is 0.330 e. The number of rotatable bonds is 8. The van der Waals surface area contributed by atoms with Gasteiger partial charge in [-0.1, -0.05) is 46.1 Å². The average molecular weight is 226 g/mol. The number of carbonyl (C=O) groups excluding carboxylic acids is 1. The highest BCUT2D eigenvalue weighted by Gasteiger charge is 2.01. The van der Waals surface area contributed by atoms with Gasteiger partial charge in [0.05, 0.1) is 6.61 Å². The van der Waals surface area contributed by atoms with Crippen molar-refractivity contribution in [2.45, 2.75) is 53.4 Å². The van der Waals surface area contributed by atoms with Crippen LogP contribution in [-0.4, -0.2) is 12.6 Å². The summed E-state index contributed by atoms with van der Waals surface area (Å²) in [6.07, 6.45) is 8.26. The van der Waals surface area contributed by atoms with Crippen LogP contribution in [0.4, 0.5) is 0 Å². The van der Waals surface area contributed by atoms with Gasteiger partial charge in [-0.2, -0.15) is 0 Å². The monoisotopic (exact) mass is 226 g/mol. The van der Waals surface area contributed by atoms with Gasteiger partial charge in [-0.25, -0.2) is 4.79 Å². The fourth-order valence-electron chi connectivity index (χ4n) is 1.58. The lowest BCUT2D eigenvalue weighted by Crippen LogP contribution is -2.00. The molecule has 2 nitrogen and oxygen atoms in total. The Hall–Kier alpha value is -0.790. The molecule has 0 saturated heterocycles. The topological polar surface area (TPSA) is 26.3 Å². The lowest BCUT2D eigenvalue weighted by Gasteiger charge is -2.09. The van der Waals surface area contributed by atoms with Crippen molar-refractivity contribution in [3.8, 4) is 0 Å². The molecule has 0 rings (SSSR count). The number of hydrogen-bond acceptors (Lipinski definition) is 2. The van der Waals surface area contributed by atoms with Crippen LogP contribution in [-0.2, 0) is 9.53 Å². The Morgan fingerprint density at radius 2 is 1.94 bits per heavy atom. The highest BCUT2D eigenvalue weighted by molar-refractivity contribution is 5.81. The Morgan fingerprint density at radius 3 is 2.50 bits per heavy atom. The van der Waals surface area contributed by atoms with E-state index in [1.165, 1.54) is 19.3 Å². The van der Waals surface area contributed by atoms with Gasteiger partial charge in [0.1, 0.15) is 0 Å². The molecule has 1 atom stereocenters. The average Bonchev–Trinajstić information content (AvgIpc) is 2.17. The van der Waals surface area contributed by atoms with Gasteiger partial charge in [0.25, 0.3) is 0 Å². The zero-order valence-electron chi connectivity index (χ0n) is 11.2. The van der Waals surface area contributed by atoms with Crippen LogP contribution in [0.1, 0.15) is 53.4 Å². The molecule has 0 heterocycles. The normalized spacial score (nSPS) is 13.3. The van der Waals surface area contributed by atoms with E-state index in [-0.39, 0.29) is 5.97 Å². The first-order valence-corrected chi connectivity index (χ1v) is 6.39. The molecule has 0 aliphatic heterocycles. The minimum atomic E-state index is -0.225. The molecule has 0 N–H and O–H groups in total. The summed E-state index contributed by atoms with van der Waals surface area (Å²) in [7, 11) is 0. The highest BCUT2D eigenvalue weighted by Crippen LogP contribution is 2.15. The third-order valence-electron chi connectivity index (χ3n) is 2.56. The molecule has 2 heteroatoms. The number of allylic oxidation sites excluding steroid dienone is 1. The van der Waals surface area contributed by atoms with E-state index in [4.69, 9.17) is 4.74 Å². The van der Waals surface area contributed by atoms with Crippen LogP contribution >= 0.6 is 0 Å². The summed E-state index contributed by atoms with van der Waals surface area (Å²) in [6, 6.07) is 0. The number of esters is 1. The molecule has 0 aromatic heterocycles. The second-order valence-corrected chi connectivity index (χ2v) is 4.82.